The zero-order valence-electron chi connectivity index (χ0n) is 10.5. The third-order valence-corrected chi connectivity index (χ3v) is 5.91. The standard InChI is InChI=1S/C10H11Br2N3O6/c11-4-3-14-9(20)13(2-1-5(16)17)10(21)15(14)7(6(4)12)8(18)19/h4,6-7H,1-3H2,(H,16,17)(H,18,19). The highest BCUT2D eigenvalue weighted by Gasteiger charge is 2.41. The molecule has 3 unspecified atom stereocenters. The van der Waals surface area contributed by atoms with Crippen LogP contribution in [0.2, 0.25) is 0 Å². The summed E-state index contributed by atoms with van der Waals surface area (Å²) >= 11 is 6.49. The summed E-state index contributed by atoms with van der Waals surface area (Å²) in [7, 11) is 0. The van der Waals surface area contributed by atoms with Gasteiger partial charge in [0.05, 0.1) is 17.8 Å². The van der Waals surface area contributed by atoms with Gasteiger partial charge >= 0.3 is 23.3 Å². The number of hydrogen-bond acceptors (Lipinski definition) is 4. The van der Waals surface area contributed by atoms with Crippen molar-refractivity contribution in [3.05, 3.63) is 21.0 Å². The number of fused-ring (bicyclic) bond motifs is 1. The van der Waals surface area contributed by atoms with E-state index in [4.69, 9.17) is 5.11 Å². The summed E-state index contributed by atoms with van der Waals surface area (Å²) in [5.74, 6) is -2.41. The Bertz CT molecular complexity index is 705. The molecule has 11 heteroatoms. The molecule has 1 aromatic heterocycles. The van der Waals surface area contributed by atoms with Crippen molar-refractivity contribution in [2.45, 2.75) is 35.2 Å². The van der Waals surface area contributed by atoms with E-state index < -0.39 is 40.6 Å². The Hall–Kier alpha value is -1.36. The fourth-order valence-electron chi connectivity index (χ4n) is 2.21. The number of carboxylic acids is 2. The van der Waals surface area contributed by atoms with Crippen LogP contribution in [0.3, 0.4) is 0 Å². The van der Waals surface area contributed by atoms with E-state index in [1.54, 1.807) is 0 Å². The molecule has 116 valence electrons. The maximum absolute atomic E-state index is 12.2. The molecule has 0 saturated heterocycles. The van der Waals surface area contributed by atoms with Crippen LogP contribution in [-0.2, 0) is 22.7 Å². The van der Waals surface area contributed by atoms with Crippen molar-refractivity contribution in [3.63, 3.8) is 0 Å². The number of halogens is 2. The van der Waals surface area contributed by atoms with Gasteiger partial charge in [-0.2, -0.15) is 0 Å². The van der Waals surface area contributed by atoms with Crippen molar-refractivity contribution in [2.24, 2.45) is 0 Å². The van der Waals surface area contributed by atoms with Crippen LogP contribution in [0.1, 0.15) is 12.5 Å². The molecule has 1 aliphatic rings. The first kappa shape index (κ1) is 16.0. The molecule has 0 spiro atoms. The number of carboxylic acid groups (broad SMARTS) is 2. The van der Waals surface area contributed by atoms with Crippen molar-refractivity contribution in [1.29, 1.82) is 0 Å². The molecule has 0 saturated carbocycles. The zero-order valence-corrected chi connectivity index (χ0v) is 13.7. The highest BCUT2D eigenvalue weighted by molar-refractivity contribution is 9.12. The summed E-state index contributed by atoms with van der Waals surface area (Å²) in [5, 5.41) is 17.9. The summed E-state index contributed by atoms with van der Waals surface area (Å²) in [6.45, 7) is -0.194. The van der Waals surface area contributed by atoms with Crippen molar-refractivity contribution in [2.75, 3.05) is 0 Å². The number of aliphatic carboxylic acids is 2. The van der Waals surface area contributed by atoms with Gasteiger partial charge in [-0.1, -0.05) is 31.9 Å². The van der Waals surface area contributed by atoms with Gasteiger partial charge in [-0.05, 0) is 0 Å². The van der Waals surface area contributed by atoms with Gasteiger partial charge in [0.2, 0.25) is 0 Å². The third-order valence-electron chi connectivity index (χ3n) is 3.20. The lowest BCUT2D eigenvalue weighted by Gasteiger charge is -2.30. The molecule has 0 fully saturated rings. The highest BCUT2D eigenvalue weighted by atomic mass is 79.9. The number of alkyl halides is 2. The third kappa shape index (κ3) is 2.71. The topological polar surface area (TPSA) is 124 Å². The van der Waals surface area contributed by atoms with Crippen molar-refractivity contribution >= 4 is 43.8 Å². The normalized spacial score (nSPS) is 24.6. The fraction of sp³-hybridized carbons (Fsp3) is 0.600. The maximum atomic E-state index is 12.2. The van der Waals surface area contributed by atoms with E-state index in [1.807, 2.05) is 0 Å². The molecule has 2 heterocycles. The summed E-state index contributed by atoms with van der Waals surface area (Å²) in [6.07, 6.45) is -0.396. The Kier molecular flexibility index (Phi) is 4.42. The fourth-order valence-corrected chi connectivity index (χ4v) is 3.39. The molecule has 3 atom stereocenters. The van der Waals surface area contributed by atoms with Crippen molar-refractivity contribution < 1.29 is 19.8 Å². The van der Waals surface area contributed by atoms with E-state index >= 15 is 0 Å². The van der Waals surface area contributed by atoms with Crippen molar-refractivity contribution in [1.82, 2.24) is 13.9 Å². The molecule has 1 aromatic rings. The monoisotopic (exact) mass is 427 g/mol. The molecule has 21 heavy (non-hydrogen) atoms. The molecular formula is C10H11Br2N3O6. The number of nitrogens with zero attached hydrogens (tertiary/aromatic N) is 3. The van der Waals surface area contributed by atoms with Crippen LogP contribution in [0.25, 0.3) is 0 Å². The van der Waals surface area contributed by atoms with Gasteiger partial charge in [-0.15, -0.1) is 0 Å². The van der Waals surface area contributed by atoms with Gasteiger partial charge in [0.15, 0.2) is 6.04 Å². The van der Waals surface area contributed by atoms with E-state index in [-0.39, 0.29) is 17.9 Å². The minimum Gasteiger partial charge on any atom is -0.481 e. The zero-order chi connectivity index (χ0) is 15.9. The molecule has 2 rings (SSSR count). The van der Waals surface area contributed by atoms with Gasteiger partial charge in [0, 0.05) is 11.4 Å². The summed E-state index contributed by atoms with van der Waals surface area (Å²) < 4.78 is 2.64. The van der Waals surface area contributed by atoms with Crippen LogP contribution in [0.5, 0.6) is 0 Å². The largest absolute Gasteiger partial charge is 0.481 e. The predicted octanol–water partition coefficient (Wildman–Crippen LogP) is -0.547. The van der Waals surface area contributed by atoms with Gasteiger partial charge in [-0.25, -0.2) is 28.3 Å². The van der Waals surface area contributed by atoms with E-state index in [0.717, 1.165) is 13.9 Å². The predicted molar refractivity (Wildman–Crippen MR) is 77.3 cm³/mol. The Labute approximate surface area is 134 Å². The molecule has 9 nitrogen and oxygen atoms in total. The van der Waals surface area contributed by atoms with Crippen molar-refractivity contribution in [3.8, 4) is 0 Å². The number of carbonyl (C=O) groups is 2. The summed E-state index contributed by atoms with van der Waals surface area (Å²) in [5.41, 5.74) is -1.53. The quantitative estimate of drug-likeness (QED) is 0.620. The smallest absolute Gasteiger partial charge is 0.348 e. The maximum Gasteiger partial charge on any atom is 0.348 e. The second-order valence-corrected chi connectivity index (χ2v) is 6.76. The Balaban J connectivity index is 2.58. The highest BCUT2D eigenvalue weighted by Crippen LogP contribution is 2.30. The number of aromatic nitrogens is 3. The summed E-state index contributed by atoms with van der Waals surface area (Å²) in [6, 6.07) is -1.26. The first-order valence-corrected chi connectivity index (χ1v) is 7.73. The van der Waals surface area contributed by atoms with Crippen LogP contribution in [-0.4, -0.2) is 45.7 Å². The molecular weight excluding hydrogens is 418 g/mol. The molecule has 2 N–H and O–H groups in total. The van der Waals surface area contributed by atoms with Crippen LogP contribution < -0.4 is 11.4 Å². The lowest BCUT2D eigenvalue weighted by Crippen LogP contribution is -2.48. The van der Waals surface area contributed by atoms with Crippen LogP contribution in [0, 0.1) is 0 Å². The molecule has 1 aliphatic heterocycles. The van der Waals surface area contributed by atoms with Crippen LogP contribution in [0.15, 0.2) is 9.59 Å². The minimum atomic E-state index is -1.26. The van der Waals surface area contributed by atoms with Crippen LogP contribution in [0.4, 0.5) is 0 Å². The SMILES string of the molecule is O=C(O)CCn1c(=O)n2n(c1=O)C(C(=O)O)C(Br)C(Br)C2. The average molecular weight is 429 g/mol. The van der Waals surface area contributed by atoms with Gasteiger partial charge in [-0.3, -0.25) is 4.79 Å². The lowest BCUT2D eigenvalue weighted by molar-refractivity contribution is -0.142. The molecule has 0 radical (unpaired) electrons. The van der Waals surface area contributed by atoms with E-state index in [9.17, 15) is 24.3 Å². The van der Waals surface area contributed by atoms with E-state index in [2.05, 4.69) is 31.9 Å². The second-order valence-electron chi connectivity index (χ2n) is 4.53. The molecule has 0 aromatic carbocycles. The first-order valence-electron chi connectivity index (χ1n) is 5.90. The first-order chi connectivity index (χ1) is 9.75. The molecule has 0 aliphatic carbocycles. The number of hydrogen-bond donors (Lipinski definition) is 2. The second kappa shape index (κ2) is 5.79. The minimum absolute atomic E-state index is 0.105. The molecule has 0 amide bonds. The lowest BCUT2D eigenvalue weighted by atomic mass is 10.1. The average Bonchev–Trinajstić information content (AvgIpc) is 2.61. The Morgan fingerprint density at radius 2 is 1.81 bits per heavy atom. The van der Waals surface area contributed by atoms with Crippen LogP contribution >= 0.6 is 31.9 Å². The number of rotatable bonds is 4. The Morgan fingerprint density at radius 3 is 2.33 bits per heavy atom. The van der Waals surface area contributed by atoms with E-state index in [1.165, 1.54) is 0 Å². The molecule has 0 bridgehead atoms. The Morgan fingerprint density at radius 1 is 1.19 bits per heavy atom. The van der Waals surface area contributed by atoms with Gasteiger partial charge < -0.3 is 10.2 Å². The van der Waals surface area contributed by atoms with Gasteiger partial charge in [0.1, 0.15) is 0 Å². The van der Waals surface area contributed by atoms with Gasteiger partial charge in [0.25, 0.3) is 0 Å². The summed E-state index contributed by atoms with van der Waals surface area (Å²) in [4.78, 5) is 45.4. The van der Waals surface area contributed by atoms with E-state index in [0.29, 0.717) is 0 Å².